The van der Waals surface area contributed by atoms with Crippen molar-refractivity contribution in [3.63, 3.8) is 0 Å². The van der Waals surface area contributed by atoms with Gasteiger partial charge in [-0.2, -0.15) is 0 Å². The van der Waals surface area contributed by atoms with Crippen molar-refractivity contribution in [1.82, 2.24) is 9.97 Å². The van der Waals surface area contributed by atoms with Gasteiger partial charge in [-0.25, -0.2) is 14.4 Å². The van der Waals surface area contributed by atoms with E-state index >= 15 is 0 Å². The molecule has 1 heterocycles. The maximum Gasteiger partial charge on any atom is 0.165 e. The van der Waals surface area contributed by atoms with Crippen LogP contribution in [0.4, 0.5) is 10.2 Å². The first kappa shape index (κ1) is 18.1. The number of nitrogens with zero attached hydrogens (tertiary/aromatic N) is 3. The second-order valence-corrected chi connectivity index (χ2v) is 7.10. The maximum absolute atomic E-state index is 13.9. The number of rotatable bonds is 4. The van der Waals surface area contributed by atoms with Gasteiger partial charge in [0, 0.05) is 17.5 Å². The van der Waals surface area contributed by atoms with Crippen LogP contribution in [0.15, 0.2) is 42.5 Å². The number of aliphatic hydroxyl groups is 1. The number of phenolic OH excluding ortho intramolecular Hbond substituents is 1. The summed E-state index contributed by atoms with van der Waals surface area (Å²) >= 11 is 0. The van der Waals surface area contributed by atoms with E-state index in [4.69, 9.17) is 0 Å². The zero-order valence-electron chi connectivity index (χ0n) is 15.1. The molecule has 2 N–H and O–H groups in total. The molecule has 0 radical (unpaired) electrons. The molecule has 6 heteroatoms. The molecule has 3 aromatic rings. The molecular weight excluding hydrogens is 333 g/mol. The third kappa shape index (κ3) is 3.46. The van der Waals surface area contributed by atoms with Crippen LogP contribution in [0.3, 0.4) is 0 Å². The van der Waals surface area contributed by atoms with Gasteiger partial charge in [-0.15, -0.1) is 0 Å². The summed E-state index contributed by atoms with van der Waals surface area (Å²) in [6.45, 7) is 6.26. The van der Waals surface area contributed by atoms with E-state index in [0.29, 0.717) is 34.7 Å². The number of aromatic nitrogens is 2. The second kappa shape index (κ2) is 6.88. The highest BCUT2D eigenvalue weighted by Gasteiger charge is 2.26. The van der Waals surface area contributed by atoms with Crippen molar-refractivity contribution in [3.8, 4) is 17.1 Å². The van der Waals surface area contributed by atoms with Crippen LogP contribution in [0.5, 0.6) is 5.75 Å². The fourth-order valence-corrected chi connectivity index (χ4v) is 2.93. The molecule has 0 amide bonds. The fraction of sp³-hybridized carbons (Fsp3) is 0.300. The highest BCUT2D eigenvalue weighted by molar-refractivity contribution is 5.91. The molecule has 3 rings (SSSR count). The Balaban J connectivity index is 2.31. The third-order valence-corrected chi connectivity index (χ3v) is 4.17. The molecule has 0 aliphatic heterocycles. The van der Waals surface area contributed by atoms with Crippen molar-refractivity contribution in [1.29, 1.82) is 0 Å². The van der Waals surface area contributed by atoms with Crippen LogP contribution in [0.2, 0.25) is 0 Å². The summed E-state index contributed by atoms with van der Waals surface area (Å²) in [5.74, 6) is 0.568. The van der Waals surface area contributed by atoms with Crippen molar-refractivity contribution >= 4 is 16.7 Å². The number of hydrogen-bond donors (Lipinski definition) is 2. The van der Waals surface area contributed by atoms with Gasteiger partial charge in [-0.05, 0) is 51.1 Å². The van der Waals surface area contributed by atoms with Crippen LogP contribution in [0, 0.1) is 5.82 Å². The molecule has 5 nitrogen and oxygen atoms in total. The number of para-hydroxylation sites is 1. The summed E-state index contributed by atoms with van der Waals surface area (Å²) in [4.78, 5) is 11.1. The maximum atomic E-state index is 13.9. The number of anilines is 1. The molecule has 1 aromatic heterocycles. The number of phenols is 1. The quantitative estimate of drug-likeness (QED) is 0.746. The minimum atomic E-state index is -0.379. The monoisotopic (exact) mass is 355 g/mol. The largest absolute Gasteiger partial charge is 0.507 e. The lowest BCUT2D eigenvalue weighted by atomic mass is 10.0. The molecule has 0 saturated heterocycles. The Hall–Kier alpha value is -2.73. The Kier molecular flexibility index (Phi) is 4.78. The smallest absolute Gasteiger partial charge is 0.165 e. The average molecular weight is 355 g/mol. The van der Waals surface area contributed by atoms with Crippen molar-refractivity contribution in [2.75, 3.05) is 18.1 Å². The van der Waals surface area contributed by atoms with Gasteiger partial charge >= 0.3 is 0 Å². The van der Waals surface area contributed by atoms with Crippen LogP contribution in [0.1, 0.15) is 20.8 Å². The number of β-amino-alcohol motifs (C(OH)–C–C–N with tert-alkyl or cyclic N) is 1. The molecule has 0 spiro atoms. The van der Waals surface area contributed by atoms with Gasteiger partial charge in [-0.3, -0.25) is 0 Å². The molecule has 136 valence electrons. The molecule has 2 aromatic carbocycles. The molecule has 0 aliphatic carbocycles. The van der Waals surface area contributed by atoms with Crippen LogP contribution in [0.25, 0.3) is 22.3 Å². The van der Waals surface area contributed by atoms with E-state index in [0.717, 1.165) is 0 Å². The summed E-state index contributed by atoms with van der Waals surface area (Å²) in [7, 11) is 0. The summed E-state index contributed by atoms with van der Waals surface area (Å²) in [6, 6.07) is 11.2. The van der Waals surface area contributed by atoms with E-state index in [-0.39, 0.29) is 23.7 Å². The zero-order valence-corrected chi connectivity index (χ0v) is 15.1. The Morgan fingerprint density at radius 3 is 2.46 bits per heavy atom. The van der Waals surface area contributed by atoms with E-state index in [1.165, 1.54) is 12.1 Å². The third-order valence-electron chi connectivity index (χ3n) is 4.17. The number of aliphatic hydroxyl groups excluding tert-OH is 1. The standard InChI is InChI=1S/C20H22FN3O2/c1-20(2,3)24(10-11-25)19-15-12-13(21)8-9-16(15)22-18(23-19)14-6-4-5-7-17(14)26/h4-9,12,25-26H,10-11H2,1-3H3. The van der Waals surface area contributed by atoms with Crippen molar-refractivity contribution in [2.24, 2.45) is 0 Å². The van der Waals surface area contributed by atoms with Gasteiger partial charge in [0.05, 0.1) is 17.7 Å². The summed E-state index contributed by atoms with van der Waals surface area (Å²) in [6.07, 6.45) is 0. The molecule has 0 saturated carbocycles. The lowest BCUT2D eigenvalue weighted by Gasteiger charge is -2.37. The predicted molar refractivity (Wildman–Crippen MR) is 101 cm³/mol. The first-order chi connectivity index (χ1) is 12.3. The second-order valence-electron chi connectivity index (χ2n) is 7.10. The highest BCUT2D eigenvalue weighted by Crippen LogP contribution is 2.34. The predicted octanol–water partition coefficient (Wildman–Crippen LogP) is 3.74. The van der Waals surface area contributed by atoms with E-state index in [2.05, 4.69) is 9.97 Å². The molecular formula is C20H22FN3O2. The zero-order chi connectivity index (χ0) is 18.9. The SMILES string of the molecule is CC(C)(C)N(CCO)c1nc(-c2ccccc2O)nc2ccc(F)cc12. The highest BCUT2D eigenvalue weighted by atomic mass is 19.1. The minimum Gasteiger partial charge on any atom is -0.507 e. The van der Waals surface area contributed by atoms with Crippen LogP contribution < -0.4 is 4.90 Å². The van der Waals surface area contributed by atoms with Gasteiger partial charge < -0.3 is 15.1 Å². The van der Waals surface area contributed by atoms with E-state index in [1.807, 2.05) is 25.7 Å². The van der Waals surface area contributed by atoms with Gasteiger partial charge in [-0.1, -0.05) is 12.1 Å². The Morgan fingerprint density at radius 1 is 1.08 bits per heavy atom. The van der Waals surface area contributed by atoms with E-state index < -0.39 is 0 Å². The van der Waals surface area contributed by atoms with Crippen molar-refractivity contribution in [3.05, 3.63) is 48.3 Å². The van der Waals surface area contributed by atoms with Gasteiger partial charge in [0.25, 0.3) is 0 Å². The number of benzene rings is 2. The minimum absolute atomic E-state index is 0.0655. The normalized spacial score (nSPS) is 11.7. The molecule has 0 fully saturated rings. The van der Waals surface area contributed by atoms with Gasteiger partial charge in [0.1, 0.15) is 17.4 Å². The summed E-state index contributed by atoms with van der Waals surface area (Å²) in [5, 5.41) is 20.3. The molecule has 26 heavy (non-hydrogen) atoms. The molecule has 0 unspecified atom stereocenters. The van der Waals surface area contributed by atoms with Crippen molar-refractivity contribution < 1.29 is 14.6 Å². The fourth-order valence-electron chi connectivity index (χ4n) is 2.93. The van der Waals surface area contributed by atoms with Crippen molar-refractivity contribution in [2.45, 2.75) is 26.3 Å². The Labute approximate surface area is 151 Å². The number of aromatic hydroxyl groups is 1. The van der Waals surface area contributed by atoms with Crippen LogP contribution in [-0.2, 0) is 0 Å². The lowest BCUT2D eigenvalue weighted by molar-refractivity contribution is 0.290. The summed E-state index contributed by atoms with van der Waals surface area (Å²) < 4.78 is 13.9. The first-order valence-electron chi connectivity index (χ1n) is 8.45. The lowest BCUT2D eigenvalue weighted by Crippen LogP contribution is -2.44. The molecule has 0 aliphatic rings. The van der Waals surface area contributed by atoms with Gasteiger partial charge in [0.15, 0.2) is 5.82 Å². The Bertz CT molecular complexity index is 938. The van der Waals surface area contributed by atoms with Gasteiger partial charge in [0.2, 0.25) is 0 Å². The first-order valence-corrected chi connectivity index (χ1v) is 8.45. The average Bonchev–Trinajstić information content (AvgIpc) is 2.58. The number of halogens is 1. The molecule has 0 bridgehead atoms. The van der Waals surface area contributed by atoms with Crippen LogP contribution in [-0.4, -0.2) is 38.9 Å². The molecule has 0 atom stereocenters. The Morgan fingerprint density at radius 2 is 1.81 bits per heavy atom. The van der Waals surface area contributed by atoms with Crippen LogP contribution >= 0.6 is 0 Å². The van der Waals surface area contributed by atoms with E-state index in [1.54, 1.807) is 30.3 Å². The van der Waals surface area contributed by atoms with E-state index in [9.17, 15) is 14.6 Å². The number of fused-ring (bicyclic) bond motifs is 1. The topological polar surface area (TPSA) is 69.5 Å². The summed E-state index contributed by atoms with van der Waals surface area (Å²) in [5.41, 5.74) is 0.714. The number of hydrogen-bond acceptors (Lipinski definition) is 5.